The molecule has 0 N–H and O–H groups in total. The molecule has 0 aliphatic carbocycles. The fraction of sp³-hybridized carbons (Fsp3) is 0.118. The first kappa shape index (κ1) is 16.3. The van der Waals surface area contributed by atoms with Crippen molar-refractivity contribution < 1.29 is 18.9 Å². The monoisotopic (exact) mass is 339 g/mol. The maximum Gasteiger partial charge on any atom is 0.310 e. The Kier molecular flexibility index (Phi) is 4.79. The number of nitro groups is 1. The van der Waals surface area contributed by atoms with Gasteiger partial charge in [0.1, 0.15) is 0 Å². The molecule has 0 saturated heterocycles. The van der Waals surface area contributed by atoms with Crippen LogP contribution in [0.3, 0.4) is 0 Å². The minimum Gasteiger partial charge on any atom is -0.455 e. The number of hydrogen-bond donors (Lipinski definition) is 0. The Balaban J connectivity index is 1.54. The van der Waals surface area contributed by atoms with Gasteiger partial charge >= 0.3 is 5.97 Å². The number of nitro benzene ring substituents is 1. The summed E-state index contributed by atoms with van der Waals surface area (Å²) in [5.41, 5.74) is 1.36. The molecule has 0 amide bonds. The average molecular weight is 339 g/mol. The number of benzene rings is 2. The van der Waals surface area contributed by atoms with Crippen LogP contribution in [0.4, 0.5) is 5.69 Å². The van der Waals surface area contributed by atoms with Gasteiger partial charge in [-0.05, 0) is 17.7 Å². The van der Waals surface area contributed by atoms with Crippen LogP contribution in [0.1, 0.15) is 11.5 Å². The largest absolute Gasteiger partial charge is 0.455 e. The number of non-ortho nitro benzene ring substituents is 1. The summed E-state index contributed by atoms with van der Waals surface area (Å²) in [6.45, 7) is -0.133. The predicted octanol–water partition coefficient (Wildman–Crippen LogP) is 2.93. The molecule has 25 heavy (non-hydrogen) atoms. The quantitative estimate of drug-likeness (QED) is 0.386. The molecule has 0 aliphatic rings. The molecule has 0 bridgehead atoms. The van der Waals surface area contributed by atoms with Gasteiger partial charge < -0.3 is 9.15 Å². The molecule has 126 valence electrons. The summed E-state index contributed by atoms with van der Waals surface area (Å²) < 4.78 is 10.5. The van der Waals surface area contributed by atoms with Gasteiger partial charge in [-0.3, -0.25) is 14.9 Å². The molecule has 0 atom stereocenters. The first-order chi connectivity index (χ1) is 12.1. The highest BCUT2D eigenvalue weighted by atomic mass is 16.6. The van der Waals surface area contributed by atoms with Crippen molar-refractivity contribution in [2.24, 2.45) is 0 Å². The van der Waals surface area contributed by atoms with E-state index in [1.54, 1.807) is 0 Å². The number of rotatable bonds is 6. The average Bonchev–Trinajstić information content (AvgIpc) is 3.10. The summed E-state index contributed by atoms with van der Waals surface area (Å²) >= 11 is 0. The van der Waals surface area contributed by atoms with Crippen LogP contribution in [0.5, 0.6) is 0 Å². The van der Waals surface area contributed by atoms with Gasteiger partial charge in [-0.15, -0.1) is 10.2 Å². The molecule has 0 unspecified atom stereocenters. The summed E-state index contributed by atoms with van der Waals surface area (Å²) in [5.74, 6) is 0.0474. The first-order valence-electron chi connectivity index (χ1n) is 7.38. The van der Waals surface area contributed by atoms with Gasteiger partial charge in [0.25, 0.3) is 11.6 Å². The highest BCUT2D eigenvalue weighted by Crippen LogP contribution is 2.17. The standard InChI is InChI=1S/C17H13N3O5/c21-16(10-12-6-8-14(9-7-12)20(22)23)24-11-15-18-19-17(25-15)13-4-2-1-3-5-13/h1-9H,10-11H2. The lowest BCUT2D eigenvalue weighted by Gasteiger charge is -2.02. The zero-order valence-corrected chi connectivity index (χ0v) is 13.0. The van der Waals surface area contributed by atoms with Crippen molar-refractivity contribution in [3.63, 3.8) is 0 Å². The molecular formula is C17H13N3O5. The summed E-state index contributed by atoms with van der Waals surface area (Å²) in [4.78, 5) is 21.9. The number of carbonyl (C=O) groups is 1. The van der Waals surface area contributed by atoms with Gasteiger partial charge in [-0.25, -0.2) is 0 Å². The zero-order chi connectivity index (χ0) is 17.6. The second kappa shape index (κ2) is 7.35. The SMILES string of the molecule is O=C(Cc1ccc([N+](=O)[O-])cc1)OCc1nnc(-c2ccccc2)o1. The van der Waals surface area contributed by atoms with Crippen LogP contribution < -0.4 is 0 Å². The van der Waals surface area contributed by atoms with E-state index in [4.69, 9.17) is 9.15 Å². The lowest BCUT2D eigenvalue weighted by atomic mass is 10.1. The van der Waals surface area contributed by atoms with Crippen molar-refractivity contribution in [1.82, 2.24) is 10.2 Å². The number of nitrogens with zero attached hydrogens (tertiary/aromatic N) is 3. The van der Waals surface area contributed by atoms with Crippen LogP contribution in [0.15, 0.2) is 59.0 Å². The van der Waals surface area contributed by atoms with Gasteiger partial charge in [-0.2, -0.15) is 0 Å². The van der Waals surface area contributed by atoms with Gasteiger partial charge in [0.05, 0.1) is 11.3 Å². The van der Waals surface area contributed by atoms with Crippen LogP contribution in [0.2, 0.25) is 0 Å². The summed E-state index contributed by atoms with van der Waals surface area (Å²) in [6.07, 6.45) is -0.00231. The Hall–Kier alpha value is -3.55. The normalized spacial score (nSPS) is 10.4. The first-order valence-corrected chi connectivity index (χ1v) is 7.38. The van der Waals surface area contributed by atoms with Crippen molar-refractivity contribution in [3.8, 4) is 11.5 Å². The molecule has 3 aromatic rings. The third kappa shape index (κ3) is 4.25. The molecule has 1 aromatic heterocycles. The molecule has 0 aliphatic heterocycles. The number of aromatic nitrogens is 2. The van der Waals surface area contributed by atoms with Crippen molar-refractivity contribution in [1.29, 1.82) is 0 Å². The van der Waals surface area contributed by atoms with Crippen LogP contribution in [-0.2, 0) is 22.6 Å². The number of hydrogen-bond acceptors (Lipinski definition) is 7. The summed E-state index contributed by atoms with van der Waals surface area (Å²) in [6, 6.07) is 14.9. The molecular weight excluding hydrogens is 326 g/mol. The maximum absolute atomic E-state index is 11.8. The van der Waals surface area contributed by atoms with Crippen molar-refractivity contribution >= 4 is 11.7 Å². The van der Waals surface area contributed by atoms with Gasteiger partial charge in [0.2, 0.25) is 5.89 Å². The maximum atomic E-state index is 11.8. The second-order valence-electron chi connectivity index (χ2n) is 5.13. The predicted molar refractivity (Wildman–Crippen MR) is 86.3 cm³/mol. The molecule has 0 fully saturated rings. The lowest BCUT2D eigenvalue weighted by molar-refractivity contribution is -0.384. The number of carbonyl (C=O) groups excluding carboxylic acids is 1. The van der Waals surface area contributed by atoms with E-state index in [2.05, 4.69) is 10.2 Å². The van der Waals surface area contributed by atoms with Crippen molar-refractivity contribution in [2.75, 3.05) is 0 Å². The van der Waals surface area contributed by atoms with Crippen LogP contribution >= 0.6 is 0 Å². The lowest BCUT2D eigenvalue weighted by Crippen LogP contribution is -2.08. The number of ether oxygens (including phenoxy) is 1. The minimum atomic E-state index is -0.498. The molecule has 3 rings (SSSR count). The van der Waals surface area contributed by atoms with Crippen LogP contribution in [0.25, 0.3) is 11.5 Å². The fourth-order valence-electron chi connectivity index (χ4n) is 2.10. The van der Waals surface area contributed by atoms with Crippen molar-refractivity contribution in [2.45, 2.75) is 13.0 Å². The summed E-state index contributed by atoms with van der Waals surface area (Å²) in [7, 11) is 0. The smallest absolute Gasteiger partial charge is 0.310 e. The number of esters is 1. The highest BCUT2D eigenvalue weighted by Gasteiger charge is 2.12. The van der Waals surface area contributed by atoms with Gasteiger partial charge in [-0.1, -0.05) is 30.3 Å². The Bertz CT molecular complexity index is 875. The molecule has 0 spiro atoms. The van der Waals surface area contributed by atoms with E-state index in [0.29, 0.717) is 11.5 Å². The highest BCUT2D eigenvalue weighted by molar-refractivity contribution is 5.72. The summed E-state index contributed by atoms with van der Waals surface area (Å²) in [5, 5.41) is 18.3. The molecule has 8 heteroatoms. The molecule has 0 saturated carbocycles. The van der Waals surface area contributed by atoms with E-state index < -0.39 is 10.9 Å². The van der Waals surface area contributed by atoms with E-state index in [0.717, 1.165) is 5.56 Å². The molecule has 8 nitrogen and oxygen atoms in total. The van der Waals surface area contributed by atoms with E-state index in [9.17, 15) is 14.9 Å². The van der Waals surface area contributed by atoms with Gasteiger partial charge in [0.15, 0.2) is 6.61 Å². The fourth-order valence-corrected chi connectivity index (χ4v) is 2.10. The van der Waals surface area contributed by atoms with Crippen molar-refractivity contribution in [3.05, 3.63) is 76.2 Å². The minimum absolute atomic E-state index is 0.00231. The van der Waals surface area contributed by atoms with Crippen LogP contribution in [0, 0.1) is 10.1 Å². The van der Waals surface area contributed by atoms with E-state index in [1.165, 1.54) is 24.3 Å². The second-order valence-corrected chi connectivity index (χ2v) is 5.13. The Labute approximate surface area is 142 Å². The Morgan fingerprint density at radius 2 is 1.80 bits per heavy atom. The molecule has 0 radical (unpaired) electrons. The van der Waals surface area contributed by atoms with E-state index >= 15 is 0 Å². The van der Waals surface area contributed by atoms with E-state index in [1.807, 2.05) is 30.3 Å². The molecule has 1 heterocycles. The topological polar surface area (TPSA) is 108 Å². The van der Waals surface area contributed by atoms with Gasteiger partial charge in [0, 0.05) is 17.7 Å². The third-order valence-electron chi connectivity index (χ3n) is 3.34. The third-order valence-corrected chi connectivity index (χ3v) is 3.34. The molecule has 2 aromatic carbocycles. The van der Waals surface area contributed by atoms with E-state index in [-0.39, 0.29) is 24.6 Å². The Morgan fingerprint density at radius 3 is 2.48 bits per heavy atom. The zero-order valence-electron chi connectivity index (χ0n) is 13.0. The Morgan fingerprint density at radius 1 is 1.08 bits per heavy atom. The van der Waals surface area contributed by atoms with Crippen LogP contribution in [-0.4, -0.2) is 21.1 Å².